The lowest BCUT2D eigenvalue weighted by Gasteiger charge is -2.16. The Bertz CT molecular complexity index is 630. The summed E-state index contributed by atoms with van der Waals surface area (Å²) in [5, 5.41) is 29.5. The molecule has 2 aromatic rings. The fourth-order valence-corrected chi connectivity index (χ4v) is 1.97. The van der Waals surface area contributed by atoms with Gasteiger partial charge in [-0.05, 0) is 10.8 Å². The maximum atomic E-state index is 11.0. The molecule has 0 aliphatic carbocycles. The predicted octanol–water partition coefficient (Wildman–Crippen LogP) is 1.57. The number of nitrogens with zero attached hydrogens (tertiary/aromatic N) is 1. The summed E-state index contributed by atoms with van der Waals surface area (Å²) in [5.74, 6) is 0. The van der Waals surface area contributed by atoms with Gasteiger partial charge in [-0.15, -0.1) is 0 Å². The molecule has 0 aromatic heterocycles. The van der Waals surface area contributed by atoms with Crippen LogP contribution in [0, 0.1) is 11.3 Å². The molecule has 0 spiro atoms. The number of rotatable bonds is 3. The van der Waals surface area contributed by atoms with Crippen molar-refractivity contribution < 1.29 is 15.0 Å². The van der Waals surface area contributed by atoms with Crippen molar-refractivity contribution in [2.45, 2.75) is 12.2 Å². The minimum absolute atomic E-state index is 0.274. The Morgan fingerprint density at radius 3 is 2.56 bits per heavy atom. The van der Waals surface area contributed by atoms with E-state index in [9.17, 15) is 15.0 Å². The van der Waals surface area contributed by atoms with Gasteiger partial charge in [-0.3, -0.25) is 4.79 Å². The fraction of sp³-hybridized carbons (Fsp3) is 0.143. The Morgan fingerprint density at radius 2 is 1.89 bits per heavy atom. The van der Waals surface area contributed by atoms with Gasteiger partial charge in [-0.2, -0.15) is 5.26 Å². The fourth-order valence-electron chi connectivity index (χ4n) is 1.97. The SMILES string of the molecule is N#CC(O)C(O)c1c(C=O)ccc2ccccc12. The second kappa shape index (κ2) is 4.96. The number of aliphatic hydroxyl groups is 2. The van der Waals surface area contributed by atoms with Crippen molar-refractivity contribution in [2.24, 2.45) is 0 Å². The van der Waals surface area contributed by atoms with Crippen LogP contribution in [0.15, 0.2) is 36.4 Å². The molecule has 0 fully saturated rings. The van der Waals surface area contributed by atoms with Gasteiger partial charge in [0.05, 0.1) is 6.07 Å². The molecular formula is C14H11NO3. The molecule has 0 saturated heterocycles. The van der Waals surface area contributed by atoms with Crippen LogP contribution < -0.4 is 0 Å². The van der Waals surface area contributed by atoms with Crippen LogP contribution >= 0.6 is 0 Å². The highest BCUT2D eigenvalue weighted by Gasteiger charge is 2.22. The Balaban J connectivity index is 2.73. The van der Waals surface area contributed by atoms with E-state index in [-0.39, 0.29) is 11.1 Å². The van der Waals surface area contributed by atoms with Crippen molar-refractivity contribution in [2.75, 3.05) is 0 Å². The van der Waals surface area contributed by atoms with Crippen molar-refractivity contribution in [3.63, 3.8) is 0 Å². The molecular weight excluding hydrogens is 230 g/mol. The lowest BCUT2D eigenvalue weighted by Crippen LogP contribution is -2.17. The Kier molecular flexibility index (Phi) is 3.38. The summed E-state index contributed by atoms with van der Waals surface area (Å²) in [6.45, 7) is 0. The number of benzene rings is 2. The van der Waals surface area contributed by atoms with Gasteiger partial charge in [0.25, 0.3) is 0 Å². The molecule has 0 amide bonds. The molecule has 2 unspecified atom stereocenters. The Morgan fingerprint density at radius 1 is 1.17 bits per heavy atom. The van der Waals surface area contributed by atoms with Crippen LogP contribution in [0.2, 0.25) is 0 Å². The summed E-state index contributed by atoms with van der Waals surface area (Å²) < 4.78 is 0. The van der Waals surface area contributed by atoms with Gasteiger partial charge < -0.3 is 10.2 Å². The number of hydrogen-bond acceptors (Lipinski definition) is 4. The number of carbonyl (C=O) groups is 1. The van der Waals surface area contributed by atoms with Gasteiger partial charge in [-0.1, -0.05) is 36.4 Å². The van der Waals surface area contributed by atoms with Gasteiger partial charge in [-0.25, -0.2) is 0 Å². The highest BCUT2D eigenvalue weighted by Crippen LogP contribution is 2.29. The number of aldehydes is 1. The van der Waals surface area contributed by atoms with E-state index in [1.165, 1.54) is 0 Å². The number of fused-ring (bicyclic) bond motifs is 1. The zero-order valence-electron chi connectivity index (χ0n) is 9.45. The van der Waals surface area contributed by atoms with E-state index < -0.39 is 12.2 Å². The zero-order valence-corrected chi connectivity index (χ0v) is 9.45. The monoisotopic (exact) mass is 241 g/mol. The minimum Gasteiger partial charge on any atom is -0.385 e. The van der Waals surface area contributed by atoms with E-state index in [1.54, 1.807) is 30.3 Å². The first-order chi connectivity index (χ1) is 8.69. The quantitative estimate of drug-likeness (QED) is 0.631. The summed E-state index contributed by atoms with van der Waals surface area (Å²) in [6, 6.07) is 12.1. The van der Waals surface area contributed by atoms with E-state index in [1.807, 2.05) is 12.1 Å². The van der Waals surface area contributed by atoms with Crippen molar-refractivity contribution in [3.8, 4) is 6.07 Å². The normalized spacial score (nSPS) is 13.8. The van der Waals surface area contributed by atoms with Crippen molar-refractivity contribution in [1.82, 2.24) is 0 Å². The highest BCUT2D eigenvalue weighted by molar-refractivity contribution is 5.93. The van der Waals surface area contributed by atoms with Crippen LogP contribution in [-0.4, -0.2) is 22.6 Å². The summed E-state index contributed by atoms with van der Waals surface area (Å²) in [4.78, 5) is 11.0. The average molecular weight is 241 g/mol. The van der Waals surface area contributed by atoms with Gasteiger partial charge in [0.2, 0.25) is 0 Å². The molecule has 4 nitrogen and oxygen atoms in total. The third kappa shape index (κ3) is 1.97. The average Bonchev–Trinajstić information content (AvgIpc) is 2.44. The highest BCUT2D eigenvalue weighted by atomic mass is 16.3. The van der Waals surface area contributed by atoms with E-state index in [4.69, 9.17) is 5.26 Å². The van der Waals surface area contributed by atoms with E-state index in [0.29, 0.717) is 11.7 Å². The second-order valence-electron chi connectivity index (χ2n) is 3.93. The van der Waals surface area contributed by atoms with Gasteiger partial charge in [0.15, 0.2) is 6.10 Å². The first kappa shape index (κ1) is 12.2. The van der Waals surface area contributed by atoms with Gasteiger partial charge in [0.1, 0.15) is 12.4 Å². The molecule has 2 atom stereocenters. The third-order valence-electron chi connectivity index (χ3n) is 2.86. The minimum atomic E-state index is -1.56. The maximum absolute atomic E-state index is 11.0. The molecule has 18 heavy (non-hydrogen) atoms. The summed E-state index contributed by atoms with van der Waals surface area (Å²) in [7, 11) is 0. The molecule has 2 rings (SSSR count). The molecule has 0 aliphatic heterocycles. The van der Waals surface area contributed by atoms with Crippen LogP contribution in [0.4, 0.5) is 0 Å². The topological polar surface area (TPSA) is 81.3 Å². The number of hydrogen-bond donors (Lipinski definition) is 2. The first-order valence-electron chi connectivity index (χ1n) is 5.41. The smallest absolute Gasteiger partial charge is 0.170 e. The van der Waals surface area contributed by atoms with Crippen molar-refractivity contribution >= 4 is 17.1 Å². The lowest BCUT2D eigenvalue weighted by atomic mass is 9.93. The van der Waals surface area contributed by atoms with Crippen molar-refractivity contribution in [1.29, 1.82) is 5.26 Å². The molecule has 4 heteroatoms. The number of aliphatic hydroxyl groups excluding tert-OH is 2. The van der Waals surface area contributed by atoms with Gasteiger partial charge in [0, 0.05) is 11.1 Å². The molecule has 0 bridgehead atoms. The van der Waals surface area contributed by atoms with Gasteiger partial charge >= 0.3 is 0 Å². The third-order valence-corrected chi connectivity index (χ3v) is 2.86. The van der Waals surface area contributed by atoms with Crippen LogP contribution in [0.5, 0.6) is 0 Å². The molecule has 90 valence electrons. The van der Waals surface area contributed by atoms with Crippen LogP contribution in [0.3, 0.4) is 0 Å². The van der Waals surface area contributed by atoms with Crippen molar-refractivity contribution in [3.05, 3.63) is 47.5 Å². The summed E-state index contributed by atoms with van der Waals surface area (Å²) >= 11 is 0. The van der Waals surface area contributed by atoms with E-state index in [0.717, 1.165) is 5.39 Å². The lowest BCUT2D eigenvalue weighted by molar-refractivity contribution is 0.0532. The first-order valence-corrected chi connectivity index (χ1v) is 5.41. The van der Waals surface area contributed by atoms with Crippen LogP contribution in [0.1, 0.15) is 22.0 Å². The molecule has 0 heterocycles. The maximum Gasteiger partial charge on any atom is 0.170 e. The molecule has 0 saturated carbocycles. The Hall–Kier alpha value is -2.22. The largest absolute Gasteiger partial charge is 0.385 e. The summed E-state index contributed by atoms with van der Waals surface area (Å²) in [6.07, 6.45) is -2.36. The molecule has 2 aromatic carbocycles. The van der Waals surface area contributed by atoms with E-state index >= 15 is 0 Å². The van der Waals surface area contributed by atoms with Crippen LogP contribution in [-0.2, 0) is 0 Å². The molecule has 0 radical (unpaired) electrons. The predicted molar refractivity (Wildman–Crippen MR) is 65.9 cm³/mol. The van der Waals surface area contributed by atoms with Crippen LogP contribution in [0.25, 0.3) is 10.8 Å². The zero-order chi connectivity index (χ0) is 13.1. The van der Waals surface area contributed by atoms with E-state index in [2.05, 4.69) is 0 Å². The molecule has 0 aliphatic rings. The molecule has 2 N–H and O–H groups in total. The Labute approximate surface area is 104 Å². The number of nitriles is 1. The summed E-state index contributed by atoms with van der Waals surface area (Å²) in [5.41, 5.74) is 0.563. The number of carbonyl (C=O) groups excluding carboxylic acids is 1. The standard InChI is InChI=1S/C14H11NO3/c15-7-12(17)14(18)13-10(8-16)6-5-9-3-1-2-4-11(9)13/h1-6,8,12,14,17-18H. The second-order valence-corrected chi connectivity index (χ2v) is 3.93.